The highest BCUT2D eigenvalue weighted by atomic mass is 19.1. The van der Waals surface area contributed by atoms with Crippen LogP contribution < -0.4 is 5.69 Å². The smallest absolute Gasteiger partial charge is 0.338 e. The van der Waals surface area contributed by atoms with Crippen molar-refractivity contribution >= 4 is 11.9 Å². The average molecular weight is 473 g/mol. The fourth-order valence-electron chi connectivity index (χ4n) is 4.09. The van der Waals surface area contributed by atoms with Crippen LogP contribution in [-0.2, 0) is 13.0 Å². The molecule has 0 bridgehead atoms. The monoisotopic (exact) mass is 472 g/mol. The van der Waals surface area contributed by atoms with E-state index in [-0.39, 0.29) is 23.4 Å². The summed E-state index contributed by atoms with van der Waals surface area (Å²) in [6.45, 7) is 2.06. The summed E-state index contributed by atoms with van der Waals surface area (Å²) >= 11 is 0. The lowest BCUT2D eigenvalue weighted by atomic mass is 9.99. The first-order chi connectivity index (χ1) is 16.9. The minimum atomic E-state index is -1.02. The second kappa shape index (κ2) is 10.3. The number of carbonyl (C=O) groups excluding carboxylic acids is 1. The number of benzene rings is 3. The van der Waals surface area contributed by atoms with Crippen LogP contribution in [0.2, 0.25) is 0 Å². The van der Waals surface area contributed by atoms with Crippen LogP contribution in [0.3, 0.4) is 0 Å². The van der Waals surface area contributed by atoms with Crippen molar-refractivity contribution < 1.29 is 19.1 Å². The van der Waals surface area contributed by atoms with Crippen molar-refractivity contribution in [3.05, 3.63) is 118 Å². The molecule has 0 saturated heterocycles. The first-order valence-corrected chi connectivity index (χ1v) is 11.4. The van der Waals surface area contributed by atoms with Crippen molar-refractivity contribution in [2.24, 2.45) is 0 Å². The third kappa shape index (κ3) is 4.84. The van der Waals surface area contributed by atoms with Crippen molar-refractivity contribution in [1.29, 1.82) is 0 Å². The lowest BCUT2D eigenvalue weighted by Gasteiger charge is -2.09. The highest BCUT2D eigenvalue weighted by Crippen LogP contribution is 2.24. The van der Waals surface area contributed by atoms with E-state index in [1.165, 1.54) is 4.57 Å². The molecule has 0 unspecified atom stereocenters. The van der Waals surface area contributed by atoms with Gasteiger partial charge in [-0.3, -0.25) is 9.36 Å². The molecule has 4 rings (SSSR count). The number of carboxylic acid groups (broad SMARTS) is 1. The van der Waals surface area contributed by atoms with Gasteiger partial charge in [0.1, 0.15) is 0 Å². The molecule has 0 aliphatic rings. The molecule has 0 aliphatic heterocycles. The summed E-state index contributed by atoms with van der Waals surface area (Å²) in [6.07, 6.45) is 1.81. The molecule has 178 valence electrons. The highest BCUT2D eigenvalue weighted by molar-refractivity contribution is 5.96. The maximum atomic E-state index is 15.4. The van der Waals surface area contributed by atoms with Gasteiger partial charge in [-0.15, -0.1) is 0 Å². The zero-order valence-corrected chi connectivity index (χ0v) is 19.3. The Bertz CT molecular complexity index is 1420. The topological polar surface area (TPSA) is 81.3 Å². The number of halogens is 1. The predicted molar refractivity (Wildman–Crippen MR) is 131 cm³/mol. The average Bonchev–Trinajstić information content (AvgIpc) is 3.11. The predicted octanol–water partition coefficient (Wildman–Crippen LogP) is 5.23. The Kier molecular flexibility index (Phi) is 7.06. The highest BCUT2D eigenvalue weighted by Gasteiger charge is 2.25. The number of unbranched alkanes of at least 4 members (excludes halogenated alkanes) is 1. The quantitative estimate of drug-likeness (QED) is 0.381. The number of hydrogen-bond acceptors (Lipinski definition) is 3. The minimum absolute atomic E-state index is 0.0880. The second-order valence-electron chi connectivity index (χ2n) is 8.26. The summed E-state index contributed by atoms with van der Waals surface area (Å²) in [7, 11) is 0. The molecule has 0 saturated carbocycles. The largest absolute Gasteiger partial charge is 0.478 e. The summed E-state index contributed by atoms with van der Waals surface area (Å²) in [5.41, 5.74) is 1.92. The van der Waals surface area contributed by atoms with Crippen molar-refractivity contribution in [1.82, 2.24) is 9.13 Å². The van der Waals surface area contributed by atoms with Crippen molar-refractivity contribution in [2.45, 2.75) is 32.7 Å². The van der Waals surface area contributed by atoms with Gasteiger partial charge < -0.3 is 5.11 Å². The Morgan fingerprint density at radius 3 is 2.23 bits per heavy atom. The maximum Gasteiger partial charge on any atom is 0.338 e. The van der Waals surface area contributed by atoms with Gasteiger partial charge in [0.05, 0.1) is 17.8 Å². The number of aromatic carboxylic acids is 1. The Morgan fingerprint density at radius 1 is 0.914 bits per heavy atom. The molecule has 7 heteroatoms. The van der Waals surface area contributed by atoms with E-state index in [0.29, 0.717) is 28.5 Å². The first kappa shape index (κ1) is 23.9. The van der Waals surface area contributed by atoms with Crippen molar-refractivity contribution in [3.63, 3.8) is 0 Å². The molecule has 0 fully saturated rings. The molecule has 4 aromatic rings. The van der Waals surface area contributed by atoms with Gasteiger partial charge in [-0.05, 0) is 47.7 Å². The molecule has 35 heavy (non-hydrogen) atoms. The number of carboxylic acids is 1. The SMILES string of the molecule is CCCCc1c(F)n(C(=O)c2ccccc2)c(=O)n1Cc1ccc(-c2ccccc2C(=O)O)cc1. The van der Waals surface area contributed by atoms with Gasteiger partial charge in [0.2, 0.25) is 5.95 Å². The van der Waals surface area contributed by atoms with Gasteiger partial charge in [0.25, 0.3) is 5.91 Å². The molecule has 0 aliphatic carbocycles. The summed E-state index contributed by atoms with van der Waals surface area (Å²) in [5, 5.41) is 9.46. The summed E-state index contributed by atoms with van der Waals surface area (Å²) in [6, 6.07) is 22.0. The van der Waals surface area contributed by atoms with E-state index in [4.69, 9.17) is 0 Å². The Morgan fingerprint density at radius 2 is 1.57 bits per heavy atom. The number of hydrogen-bond donors (Lipinski definition) is 1. The zero-order valence-electron chi connectivity index (χ0n) is 19.3. The Balaban J connectivity index is 1.70. The lowest BCUT2D eigenvalue weighted by molar-refractivity contribution is 0.0697. The fraction of sp³-hybridized carbons (Fsp3) is 0.179. The third-order valence-corrected chi connectivity index (χ3v) is 5.94. The van der Waals surface area contributed by atoms with Gasteiger partial charge in [-0.2, -0.15) is 4.39 Å². The molecular formula is C28H25FN2O4. The van der Waals surface area contributed by atoms with E-state index in [1.54, 1.807) is 78.9 Å². The Hall–Kier alpha value is -4.26. The molecule has 0 radical (unpaired) electrons. The zero-order chi connectivity index (χ0) is 24.9. The van der Waals surface area contributed by atoms with Crippen LogP contribution in [0.4, 0.5) is 4.39 Å². The van der Waals surface area contributed by atoms with Crippen LogP contribution >= 0.6 is 0 Å². The van der Waals surface area contributed by atoms with Gasteiger partial charge in [0.15, 0.2) is 0 Å². The number of aromatic nitrogens is 2. The normalized spacial score (nSPS) is 10.9. The summed E-state index contributed by atoms with van der Waals surface area (Å²) in [4.78, 5) is 37.7. The van der Waals surface area contributed by atoms with Crippen LogP contribution in [0.1, 0.15) is 51.7 Å². The molecule has 1 aromatic heterocycles. The minimum Gasteiger partial charge on any atom is -0.478 e. The van der Waals surface area contributed by atoms with E-state index in [0.717, 1.165) is 12.0 Å². The number of imidazole rings is 1. The number of carbonyl (C=O) groups is 2. The van der Waals surface area contributed by atoms with Crippen LogP contribution in [0.5, 0.6) is 0 Å². The third-order valence-electron chi connectivity index (χ3n) is 5.94. The van der Waals surface area contributed by atoms with Crippen LogP contribution in [0.25, 0.3) is 11.1 Å². The van der Waals surface area contributed by atoms with Crippen LogP contribution in [0.15, 0.2) is 83.7 Å². The maximum absolute atomic E-state index is 15.4. The molecule has 0 spiro atoms. The number of rotatable bonds is 8. The van der Waals surface area contributed by atoms with E-state index in [2.05, 4.69) is 0 Å². The molecule has 6 nitrogen and oxygen atoms in total. The van der Waals surface area contributed by atoms with Gasteiger partial charge >= 0.3 is 11.7 Å². The molecule has 3 aromatic carbocycles. The van der Waals surface area contributed by atoms with Gasteiger partial charge in [-0.1, -0.05) is 74.0 Å². The second-order valence-corrected chi connectivity index (χ2v) is 8.26. The molecular weight excluding hydrogens is 447 g/mol. The molecule has 0 amide bonds. The summed E-state index contributed by atoms with van der Waals surface area (Å²) in [5.74, 6) is -2.55. The summed E-state index contributed by atoms with van der Waals surface area (Å²) < 4.78 is 17.3. The van der Waals surface area contributed by atoms with Crippen molar-refractivity contribution in [3.8, 4) is 11.1 Å². The first-order valence-electron chi connectivity index (χ1n) is 11.4. The van der Waals surface area contributed by atoms with E-state index in [1.807, 2.05) is 6.92 Å². The molecule has 0 atom stereocenters. The lowest BCUT2D eigenvalue weighted by Crippen LogP contribution is -2.30. The van der Waals surface area contributed by atoms with E-state index in [9.17, 15) is 19.5 Å². The van der Waals surface area contributed by atoms with Crippen LogP contribution in [-0.4, -0.2) is 26.1 Å². The standard InChI is InChI=1S/C28H25FN2O4/c1-2-3-13-24-25(29)31(26(32)21-9-5-4-6-10-21)28(35)30(24)18-19-14-16-20(17-15-19)22-11-7-8-12-23(22)27(33)34/h4-12,14-17H,2-3,13,18H2,1H3,(H,33,34). The fourth-order valence-corrected chi connectivity index (χ4v) is 4.09. The van der Waals surface area contributed by atoms with E-state index >= 15 is 4.39 Å². The van der Waals surface area contributed by atoms with Crippen LogP contribution in [0, 0.1) is 5.95 Å². The molecule has 1 heterocycles. The Labute approximate surface area is 201 Å². The molecule has 1 N–H and O–H groups in total. The van der Waals surface area contributed by atoms with Gasteiger partial charge in [0, 0.05) is 5.56 Å². The number of nitrogens with zero attached hydrogens (tertiary/aromatic N) is 2. The van der Waals surface area contributed by atoms with Gasteiger partial charge in [-0.25, -0.2) is 14.2 Å². The van der Waals surface area contributed by atoms with Crippen molar-refractivity contribution in [2.75, 3.05) is 0 Å². The van der Waals surface area contributed by atoms with E-state index < -0.39 is 23.5 Å².